The lowest BCUT2D eigenvalue weighted by Crippen LogP contribution is -2.08. The second-order valence-corrected chi connectivity index (χ2v) is 7.63. The first kappa shape index (κ1) is 14.2. The molecule has 104 valence electrons. The fourth-order valence-electron chi connectivity index (χ4n) is 1.79. The molecule has 0 aliphatic rings. The number of nitrogens with one attached hydrogen (secondary N) is 1. The zero-order valence-corrected chi connectivity index (χ0v) is 12.9. The van der Waals surface area contributed by atoms with Gasteiger partial charge in [0.1, 0.15) is 22.2 Å². The molecule has 0 spiro atoms. The zero-order chi connectivity index (χ0) is 14.0. The summed E-state index contributed by atoms with van der Waals surface area (Å²) >= 11 is 1.59. The monoisotopic (exact) mass is 299 g/mol. The summed E-state index contributed by atoms with van der Waals surface area (Å²) in [6.45, 7) is 4.81. The first-order valence-electron chi connectivity index (χ1n) is 6.14. The van der Waals surface area contributed by atoms with E-state index in [0.29, 0.717) is 5.82 Å². The van der Waals surface area contributed by atoms with Crippen molar-refractivity contribution in [2.24, 2.45) is 0 Å². The number of thiophene rings is 1. The van der Waals surface area contributed by atoms with Gasteiger partial charge in [0.05, 0.1) is 5.39 Å². The van der Waals surface area contributed by atoms with Gasteiger partial charge < -0.3 is 5.32 Å². The first-order chi connectivity index (χ1) is 8.93. The standard InChI is InChI=1S/C12H17N3O2S2/c1-4-8-6-9-11(13-5-2)14-10(7-19(3,16)17)15-12(9)18-8/h6H,4-5,7H2,1-3H3,(H,13,14,15). The summed E-state index contributed by atoms with van der Waals surface area (Å²) in [6, 6.07) is 2.07. The van der Waals surface area contributed by atoms with Gasteiger partial charge in [-0.25, -0.2) is 18.4 Å². The molecule has 19 heavy (non-hydrogen) atoms. The van der Waals surface area contributed by atoms with Crippen molar-refractivity contribution in [1.29, 1.82) is 0 Å². The second kappa shape index (κ2) is 5.42. The fraction of sp³-hybridized carbons (Fsp3) is 0.500. The van der Waals surface area contributed by atoms with Gasteiger partial charge in [-0.1, -0.05) is 6.92 Å². The van der Waals surface area contributed by atoms with E-state index in [0.717, 1.165) is 29.0 Å². The normalized spacial score (nSPS) is 11.9. The van der Waals surface area contributed by atoms with Gasteiger partial charge in [-0.3, -0.25) is 0 Å². The Bertz CT molecular complexity index is 692. The van der Waals surface area contributed by atoms with Crippen molar-refractivity contribution in [1.82, 2.24) is 9.97 Å². The summed E-state index contributed by atoms with van der Waals surface area (Å²) < 4.78 is 22.7. The molecule has 2 rings (SSSR count). The van der Waals surface area contributed by atoms with Gasteiger partial charge in [0, 0.05) is 17.7 Å². The molecule has 0 aliphatic heterocycles. The number of nitrogens with zero attached hydrogens (tertiary/aromatic N) is 2. The second-order valence-electron chi connectivity index (χ2n) is 4.37. The predicted molar refractivity (Wildman–Crippen MR) is 79.5 cm³/mol. The molecule has 0 atom stereocenters. The molecular weight excluding hydrogens is 282 g/mol. The molecule has 2 aromatic rings. The maximum atomic E-state index is 11.4. The lowest BCUT2D eigenvalue weighted by Gasteiger charge is -2.06. The summed E-state index contributed by atoms with van der Waals surface area (Å²) in [5.41, 5.74) is 0. The van der Waals surface area contributed by atoms with E-state index in [1.165, 1.54) is 11.1 Å². The van der Waals surface area contributed by atoms with Crippen LogP contribution in [-0.4, -0.2) is 31.2 Å². The molecule has 0 saturated carbocycles. The van der Waals surface area contributed by atoms with Crippen LogP contribution in [0.1, 0.15) is 24.5 Å². The van der Waals surface area contributed by atoms with Gasteiger partial charge in [0.15, 0.2) is 9.84 Å². The van der Waals surface area contributed by atoms with Crippen LogP contribution in [0.4, 0.5) is 5.82 Å². The van der Waals surface area contributed by atoms with E-state index < -0.39 is 9.84 Å². The molecule has 2 aromatic heterocycles. The number of anilines is 1. The fourth-order valence-corrected chi connectivity index (χ4v) is 3.38. The molecule has 5 nitrogen and oxygen atoms in total. The highest BCUT2D eigenvalue weighted by Gasteiger charge is 2.14. The van der Waals surface area contributed by atoms with Crippen molar-refractivity contribution in [3.05, 3.63) is 16.8 Å². The molecule has 0 aromatic carbocycles. The Hall–Kier alpha value is -1.21. The number of aromatic nitrogens is 2. The van der Waals surface area contributed by atoms with Crippen LogP contribution in [-0.2, 0) is 22.0 Å². The van der Waals surface area contributed by atoms with Gasteiger partial charge in [0.2, 0.25) is 0 Å². The Kier molecular flexibility index (Phi) is 4.05. The number of fused-ring (bicyclic) bond motifs is 1. The topological polar surface area (TPSA) is 72.0 Å². The smallest absolute Gasteiger partial charge is 0.154 e. The van der Waals surface area contributed by atoms with Crippen molar-refractivity contribution in [2.75, 3.05) is 18.1 Å². The van der Waals surface area contributed by atoms with Crippen LogP contribution in [0.2, 0.25) is 0 Å². The third-order valence-electron chi connectivity index (χ3n) is 2.57. The Labute approximate surface area is 117 Å². The van der Waals surface area contributed by atoms with Crippen molar-refractivity contribution in [3.63, 3.8) is 0 Å². The molecule has 0 unspecified atom stereocenters. The molecule has 0 bridgehead atoms. The minimum Gasteiger partial charge on any atom is -0.370 e. The molecule has 2 heterocycles. The SMILES string of the molecule is CCNc1nc(CS(C)(=O)=O)nc2sc(CC)cc12. The van der Waals surface area contributed by atoms with Gasteiger partial charge in [0.25, 0.3) is 0 Å². The van der Waals surface area contributed by atoms with E-state index in [2.05, 4.69) is 28.3 Å². The van der Waals surface area contributed by atoms with E-state index in [1.807, 2.05) is 6.92 Å². The zero-order valence-electron chi connectivity index (χ0n) is 11.2. The van der Waals surface area contributed by atoms with Crippen molar-refractivity contribution in [3.8, 4) is 0 Å². The van der Waals surface area contributed by atoms with E-state index in [-0.39, 0.29) is 5.75 Å². The highest BCUT2D eigenvalue weighted by Crippen LogP contribution is 2.29. The molecule has 7 heteroatoms. The average molecular weight is 299 g/mol. The number of aryl methyl sites for hydroxylation is 1. The van der Waals surface area contributed by atoms with Crippen LogP contribution in [0.15, 0.2) is 6.07 Å². The van der Waals surface area contributed by atoms with Crippen LogP contribution in [0.5, 0.6) is 0 Å². The van der Waals surface area contributed by atoms with Gasteiger partial charge in [-0.05, 0) is 19.4 Å². The summed E-state index contributed by atoms with van der Waals surface area (Å²) in [4.78, 5) is 10.8. The minimum atomic E-state index is -3.12. The maximum Gasteiger partial charge on any atom is 0.154 e. The van der Waals surface area contributed by atoms with Crippen molar-refractivity contribution >= 4 is 37.2 Å². The van der Waals surface area contributed by atoms with Crippen molar-refractivity contribution in [2.45, 2.75) is 26.0 Å². The average Bonchev–Trinajstić information content (AvgIpc) is 2.70. The van der Waals surface area contributed by atoms with Gasteiger partial charge in [-0.2, -0.15) is 0 Å². The number of hydrogen-bond acceptors (Lipinski definition) is 6. The van der Waals surface area contributed by atoms with E-state index in [1.54, 1.807) is 11.3 Å². The summed E-state index contributed by atoms with van der Waals surface area (Å²) in [5, 5.41) is 4.15. The molecule has 0 aliphatic carbocycles. The highest BCUT2D eigenvalue weighted by atomic mass is 32.2. The van der Waals surface area contributed by atoms with Gasteiger partial charge >= 0.3 is 0 Å². The largest absolute Gasteiger partial charge is 0.370 e. The van der Waals surface area contributed by atoms with E-state index in [4.69, 9.17) is 0 Å². The molecule has 0 amide bonds. The van der Waals surface area contributed by atoms with E-state index >= 15 is 0 Å². The lowest BCUT2D eigenvalue weighted by molar-refractivity contribution is 0.600. The summed E-state index contributed by atoms with van der Waals surface area (Å²) in [6.07, 6.45) is 2.13. The Morgan fingerprint density at radius 3 is 2.63 bits per heavy atom. The third-order valence-corrected chi connectivity index (χ3v) is 4.53. The van der Waals surface area contributed by atoms with Crippen LogP contribution in [0.3, 0.4) is 0 Å². The number of hydrogen-bond donors (Lipinski definition) is 1. The molecule has 1 N–H and O–H groups in total. The molecular formula is C12H17N3O2S2. The number of rotatable bonds is 5. The van der Waals surface area contributed by atoms with Crippen LogP contribution < -0.4 is 5.32 Å². The molecule has 0 radical (unpaired) electrons. The number of sulfone groups is 1. The summed E-state index contributed by atoms with van der Waals surface area (Å²) in [5.74, 6) is 0.957. The first-order valence-corrected chi connectivity index (χ1v) is 9.01. The summed E-state index contributed by atoms with van der Waals surface area (Å²) in [7, 11) is -3.12. The molecule has 0 saturated heterocycles. The third kappa shape index (κ3) is 3.42. The quantitative estimate of drug-likeness (QED) is 0.916. The van der Waals surface area contributed by atoms with Crippen LogP contribution >= 0.6 is 11.3 Å². The Morgan fingerprint density at radius 2 is 2.05 bits per heavy atom. The van der Waals surface area contributed by atoms with Crippen molar-refractivity contribution < 1.29 is 8.42 Å². The highest BCUT2D eigenvalue weighted by molar-refractivity contribution is 7.89. The lowest BCUT2D eigenvalue weighted by atomic mass is 10.3. The predicted octanol–water partition coefficient (Wildman–Crippen LogP) is 2.23. The van der Waals surface area contributed by atoms with Crippen LogP contribution in [0, 0.1) is 0 Å². The molecule has 0 fully saturated rings. The maximum absolute atomic E-state index is 11.4. The van der Waals surface area contributed by atoms with E-state index in [9.17, 15) is 8.42 Å². The minimum absolute atomic E-state index is 0.124. The van der Waals surface area contributed by atoms with Gasteiger partial charge in [-0.15, -0.1) is 11.3 Å². The van der Waals surface area contributed by atoms with Crippen LogP contribution in [0.25, 0.3) is 10.2 Å². The Morgan fingerprint density at radius 1 is 1.32 bits per heavy atom. The Balaban J connectivity index is 2.55.